The minimum Gasteiger partial charge on any atom is -0.508 e. The average Bonchev–Trinajstić information content (AvgIpc) is 1.58. The smallest absolute Gasteiger partial charge is 0.302 e. The molecule has 6 aliphatic heterocycles. The predicted octanol–water partition coefficient (Wildman–Crippen LogP) is 13.6. The molecule has 0 radical (unpaired) electrons. The summed E-state index contributed by atoms with van der Waals surface area (Å²) in [6.45, 7) is 16.1. The Morgan fingerprint density at radius 2 is 1.03 bits per heavy atom. The van der Waals surface area contributed by atoms with Crippen molar-refractivity contribution in [3.63, 3.8) is 0 Å². The fourth-order valence-electron chi connectivity index (χ4n) is 11.9. The van der Waals surface area contributed by atoms with Crippen LogP contribution in [-0.4, -0.2) is 193 Å². The summed E-state index contributed by atoms with van der Waals surface area (Å²) in [6.07, 6.45) is 22.3. The summed E-state index contributed by atoms with van der Waals surface area (Å²) >= 11 is 28.8. The molecule has 14 heterocycles. The Morgan fingerprint density at radius 3 is 1.47 bits per heavy atom. The number of rotatable bonds is 8. The lowest BCUT2D eigenvalue weighted by Crippen LogP contribution is -2.47. The molecular formula is C73H95Cl5N22O11S. The molecule has 3 atom stereocenters. The van der Waals surface area contributed by atoms with Crippen molar-refractivity contribution in [3.05, 3.63) is 142 Å². The van der Waals surface area contributed by atoms with Crippen molar-refractivity contribution in [2.45, 2.75) is 130 Å². The molecule has 8 aromatic heterocycles. The second-order valence-electron chi connectivity index (χ2n) is 25.2. The summed E-state index contributed by atoms with van der Waals surface area (Å²) in [4.78, 5) is 68.9. The zero-order chi connectivity index (χ0) is 78.1. The number of phenolic OH excluding ortho intramolecular Hbond substituents is 2. The number of nitrogens with two attached hydrogens (primary N) is 2. The predicted molar refractivity (Wildman–Crippen MR) is 435 cm³/mol. The van der Waals surface area contributed by atoms with Gasteiger partial charge in [0.1, 0.15) is 52.2 Å². The van der Waals surface area contributed by atoms with E-state index in [2.05, 4.69) is 84.6 Å². The highest BCUT2D eigenvalue weighted by atomic mass is 35.5. The summed E-state index contributed by atoms with van der Waals surface area (Å²) in [6, 6.07) is 20.7. The number of carbonyl (C=O) groups is 1. The number of imidazole rings is 4. The Morgan fingerprint density at radius 1 is 0.562 bits per heavy atom. The molecule has 0 amide bonds. The number of aromatic amines is 1. The van der Waals surface area contributed by atoms with Crippen LogP contribution in [0.3, 0.4) is 0 Å². The molecule has 17 rings (SSSR count). The number of fused-ring (bicyclic) bond motifs is 4. The number of nitrogen functional groups attached to an aromatic ring is 2. The quantitative estimate of drug-likeness (QED) is 0.0321. The molecule has 0 bridgehead atoms. The van der Waals surface area contributed by atoms with Crippen LogP contribution in [-0.2, 0) is 38.6 Å². The fourth-order valence-corrected chi connectivity index (χ4v) is 13.4. The number of aromatic hydroxyl groups is 2. The topological polar surface area (TPSA) is 417 Å². The second-order valence-corrected chi connectivity index (χ2v) is 28.4. The SMILES string of the molecule is C.C.C1=COCCC1.CCOC(C)=O.Cc1ccc(S(=O)(=O)O)cc1.Clc1nc(Cl)c2[nH]cnc2n1.Clc1nc(Cl)c2ncn(C3CCCCO3)c2n1.Nc1nc(Cl)nc2c1ncn2C1CCCCO1.Nc1nc(N2CCN(c3ccc(O)cc3)CC2)nc2c1ncn2C1CCCCO1.Oc1ccc(N2CCNCC2)cc1. The van der Waals surface area contributed by atoms with Crippen LogP contribution in [0.25, 0.3) is 44.7 Å². The summed E-state index contributed by atoms with van der Waals surface area (Å²) in [5.74, 6) is 1.74. The molecule has 33 nitrogen and oxygen atoms in total. The first-order valence-corrected chi connectivity index (χ1v) is 39.0. The van der Waals surface area contributed by atoms with Crippen molar-refractivity contribution in [1.29, 1.82) is 0 Å². The minimum atomic E-state index is -4.02. The number of allylic oxidation sites excluding steroid dienone is 1. The Bertz CT molecular complexity index is 4770. The minimum absolute atomic E-state index is 0. The van der Waals surface area contributed by atoms with E-state index in [1.54, 1.807) is 68.6 Å². The van der Waals surface area contributed by atoms with E-state index in [1.165, 1.54) is 43.9 Å². The van der Waals surface area contributed by atoms with E-state index in [1.807, 2.05) is 51.0 Å². The first kappa shape index (κ1) is 88.2. The van der Waals surface area contributed by atoms with Gasteiger partial charge in [-0.05, 0) is 186 Å². The molecule has 0 spiro atoms. The number of nitrogens with zero attached hydrogens (tertiary/aromatic N) is 18. The number of esters is 1. The third-order valence-electron chi connectivity index (χ3n) is 17.4. The lowest BCUT2D eigenvalue weighted by atomic mass is 10.2. The molecule has 39 heteroatoms. The van der Waals surface area contributed by atoms with Gasteiger partial charge in [-0.2, -0.15) is 38.3 Å². The van der Waals surface area contributed by atoms with Crippen LogP contribution < -0.4 is 31.5 Å². The molecule has 112 heavy (non-hydrogen) atoms. The third-order valence-corrected chi connectivity index (χ3v) is 19.3. The summed E-state index contributed by atoms with van der Waals surface area (Å²) < 4.78 is 61.9. The number of aromatic nitrogens is 16. The molecule has 6 aliphatic rings. The van der Waals surface area contributed by atoms with E-state index < -0.39 is 10.1 Å². The van der Waals surface area contributed by atoms with Gasteiger partial charge in [0.2, 0.25) is 21.8 Å². The molecule has 3 aromatic carbocycles. The van der Waals surface area contributed by atoms with Crippen LogP contribution in [0.2, 0.25) is 26.2 Å². The Hall–Kier alpha value is -9.33. The number of H-pyrrole nitrogens is 1. The van der Waals surface area contributed by atoms with Crippen LogP contribution in [0, 0.1) is 6.92 Å². The van der Waals surface area contributed by atoms with Gasteiger partial charge in [0.25, 0.3) is 10.1 Å². The number of anilines is 5. The third kappa shape index (κ3) is 25.3. The van der Waals surface area contributed by atoms with Gasteiger partial charge in [-0.3, -0.25) is 23.0 Å². The molecule has 3 unspecified atom stereocenters. The lowest BCUT2D eigenvalue weighted by Gasteiger charge is -2.36. The monoisotopic (exact) mass is 1660 g/mol. The number of hydrogen-bond acceptors (Lipinski definition) is 28. The van der Waals surface area contributed by atoms with Gasteiger partial charge >= 0.3 is 5.97 Å². The number of piperazine rings is 2. The maximum absolute atomic E-state index is 10.5. The Labute approximate surface area is 674 Å². The Kier molecular flexibility index (Phi) is 34.4. The molecule has 5 fully saturated rings. The van der Waals surface area contributed by atoms with Gasteiger partial charge in [-0.25, -0.2) is 29.9 Å². The van der Waals surface area contributed by atoms with Gasteiger partial charge in [0.05, 0.1) is 49.7 Å². The number of halogens is 5. The number of phenols is 2. The fraction of sp³-hybridized carbons (Fsp3) is 0.438. The number of carbonyl (C=O) groups excluding carboxylic acids is 1. The molecule has 0 saturated carbocycles. The van der Waals surface area contributed by atoms with Crippen LogP contribution in [0.1, 0.15) is 124 Å². The highest BCUT2D eigenvalue weighted by Gasteiger charge is 2.26. The van der Waals surface area contributed by atoms with Gasteiger partial charge < -0.3 is 70.4 Å². The molecule has 604 valence electrons. The van der Waals surface area contributed by atoms with Gasteiger partial charge in [-0.1, -0.05) is 55.8 Å². The number of hydrogen-bond donors (Lipinski definition) is 7. The van der Waals surface area contributed by atoms with Crippen LogP contribution in [0.15, 0.2) is 115 Å². The Balaban J connectivity index is 0.000000168. The maximum Gasteiger partial charge on any atom is 0.302 e. The van der Waals surface area contributed by atoms with Crippen molar-refractivity contribution < 1.29 is 51.7 Å². The van der Waals surface area contributed by atoms with Crippen molar-refractivity contribution in [2.24, 2.45) is 0 Å². The van der Waals surface area contributed by atoms with E-state index in [-0.39, 0.29) is 76.3 Å². The van der Waals surface area contributed by atoms with Crippen molar-refractivity contribution >= 4 is 148 Å². The van der Waals surface area contributed by atoms with E-state index in [9.17, 15) is 18.3 Å². The van der Waals surface area contributed by atoms with Crippen molar-refractivity contribution in [1.82, 2.24) is 83.8 Å². The van der Waals surface area contributed by atoms with Gasteiger partial charge in [-0.15, -0.1) is 0 Å². The standard InChI is InChI=1S/C20H25N7O2.C10H10Cl2N4O.C10H12ClN5O.C10H14N2O.C7H8O3S.C5H2Cl2N4.C5H8O.C4H8O2.2CH4/c21-18-17-19(27(13-22-17)16-3-1-2-12-29-16)24-20(23-18)26-10-8-25(9-11-26)14-4-6-15(28)7-5-14;11-8-7-9(15-10(12)14-8)16(5-13-7)6-3-1-2-4-17-6;11-10-14-8(12)7-9(15-10)16(5-13-7)6-3-1-2-4-17-6;13-10-3-1-9(2-4-10)12-7-5-11-6-8-12;1-6-2-4-7(5-3-6)11(8,9)10;6-3-2-4(9-1-8-2)11-5(7)10-3;1-2-4-6-5-3-1;1-3-6-4(2)5;;/h4-7,13,16,28H,1-3,8-12H2,(H2,21,23,24);5-6H,1-4H2;5-6H,1-4H2,(H2,12,14,15);1-4,11,13H,5-8H2;2-5H,1H3,(H,8,9,10);1H,(H,8,9,10,11);2,4H,1,3,5H2;3H2,1-2H3;2*1H4. The van der Waals surface area contributed by atoms with Crippen LogP contribution >= 0.6 is 58.0 Å². The zero-order valence-electron chi connectivity index (χ0n) is 60.7. The molecule has 5 saturated heterocycles. The highest BCUT2D eigenvalue weighted by Crippen LogP contribution is 2.33. The van der Waals surface area contributed by atoms with Gasteiger partial charge in [0.15, 0.2) is 44.5 Å². The first-order chi connectivity index (χ1) is 53.1. The maximum atomic E-state index is 10.5. The zero-order valence-corrected chi connectivity index (χ0v) is 65.3. The van der Waals surface area contributed by atoms with Crippen molar-refractivity contribution in [3.8, 4) is 11.5 Å². The van der Waals surface area contributed by atoms with E-state index in [0.717, 1.165) is 153 Å². The van der Waals surface area contributed by atoms with E-state index in [0.29, 0.717) is 68.9 Å². The van der Waals surface area contributed by atoms with Crippen molar-refractivity contribution in [2.75, 3.05) is 112 Å². The van der Waals surface area contributed by atoms with E-state index in [4.69, 9.17) is 103 Å². The molecule has 11 aromatic rings. The molecule has 0 aliphatic carbocycles. The highest BCUT2D eigenvalue weighted by molar-refractivity contribution is 7.85. The number of benzene rings is 3. The number of aryl methyl sites for hydroxylation is 1. The van der Waals surface area contributed by atoms with Crippen LogP contribution in [0.5, 0.6) is 11.5 Å². The van der Waals surface area contributed by atoms with E-state index >= 15 is 0 Å². The summed E-state index contributed by atoms with van der Waals surface area (Å²) in [5, 5.41) is 22.8. The number of nitrogens with one attached hydrogen (secondary N) is 2. The lowest BCUT2D eigenvalue weighted by molar-refractivity contribution is -0.140. The van der Waals surface area contributed by atoms with Crippen LogP contribution in [0.4, 0.5) is 29.0 Å². The normalized spacial score (nSPS) is 17.3. The number of ether oxygens (including phenoxy) is 5. The summed E-state index contributed by atoms with van der Waals surface area (Å²) in [7, 11) is -4.02. The molecular weight excluding hydrogens is 1570 g/mol. The largest absolute Gasteiger partial charge is 0.508 e. The molecule has 9 N–H and O–H groups in total. The summed E-state index contributed by atoms with van der Waals surface area (Å²) in [5.41, 5.74) is 20.1. The first-order valence-electron chi connectivity index (χ1n) is 35.7. The second kappa shape index (κ2) is 43.6. The average molecular weight is 1670 g/mol. The van der Waals surface area contributed by atoms with Gasteiger partial charge in [0, 0.05) is 90.5 Å².